The van der Waals surface area contributed by atoms with E-state index in [1.807, 2.05) is 12.1 Å². The molecule has 0 radical (unpaired) electrons. The van der Waals surface area contributed by atoms with Crippen LogP contribution in [0, 0.1) is 4.91 Å². The predicted octanol–water partition coefficient (Wildman–Crippen LogP) is 6.27. The van der Waals surface area contributed by atoms with Crippen molar-refractivity contribution in [1.29, 1.82) is 0 Å². The molecule has 0 spiro atoms. The fourth-order valence-corrected chi connectivity index (χ4v) is 7.45. The number of nitrogens with zero attached hydrogens (tertiary/aromatic N) is 1. The molecule has 0 bridgehead atoms. The highest BCUT2D eigenvalue weighted by molar-refractivity contribution is 7.89. The molecular weight excluding hydrogens is 576 g/mol. The van der Waals surface area contributed by atoms with Gasteiger partial charge in [-0.15, -0.1) is 4.91 Å². The fraction of sp³-hybridized carbons (Fsp3) is 0.133. The minimum absolute atomic E-state index is 0.115. The van der Waals surface area contributed by atoms with Gasteiger partial charge in [0.05, 0.1) is 15.5 Å². The molecule has 0 heterocycles. The molecule has 4 N–H and O–H groups in total. The summed E-state index contributed by atoms with van der Waals surface area (Å²) in [4.78, 5) is 12.0. The van der Waals surface area contributed by atoms with Crippen LogP contribution in [0.1, 0.15) is 37.1 Å². The molecule has 10 nitrogen and oxygen atoms in total. The van der Waals surface area contributed by atoms with Gasteiger partial charge in [-0.3, -0.25) is 10.7 Å². The number of fused-ring (bicyclic) bond motifs is 2. The maximum atomic E-state index is 13.3. The highest BCUT2D eigenvalue weighted by atomic mass is 32.2. The molecule has 0 aliphatic rings. The van der Waals surface area contributed by atoms with Crippen LogP contribution < -0.4 is 14.9 Å². The molecule has 0 aliphatic heterocycles. The average molecular weight is 605 g/mol. The van der Waals surface area contributed by atoms with Gasteiger partial charge in [-0.1, -0.05) is 72.8 Å². The van der Waals surface area contributed by atoms with E-state index >= 15 is 0 Å². The predicted molar refractivity (Wildman–Crippen MR) is 163 cm³/mol. The van der Waals surface area contributed by atoms with E-state index in [0.717, 1.165) is 11.1 Å². The second kappa shape index (κ2) is 11.6. The Morgan fingerprint density at radius 2 is 1.02 bits per heavy atom. The number of hydrogen-bond acceptors (Lipinski definition) is 8. The van der Waals surface area contributed by atoms with E-state index in [1.165, 1.54) is 36.4 Å². The Bertz CT molecular complexity index is 1860. The van der Waals surface area contributed by atoms with E-state index in [4.69, 9.17) is 0 Å². The van der Waals surface area contributed by atoms with Gasteiger partial charge < -0.3 is 0 Å². The number of nitrogens with one attached hydrogen (secondary N) is 3. The van der Waals surface area contributed by atoms with Gasteiger partial charge in [-0.05, 0) is 54.4 Å². The van der Waals surface area contributed by atoms with Gasteiger partial charge in [0, 0.05) is 33.6 Å². The summed E-state index contributed by atoms with van der Waals surface area (Å²) in [6.07, 6.45) is 0. The molecule has 0 aliphatic carbocycles. The van der Waals surface area contributed by atoms with Crippen LogP contribution in [-0.2, 0) is 20.0 Å². The minimum atomic E-state index is -4.05. The maximum absolute atomic E-state index is 13.3. The molecule has 216 valence electrons. The number of hydrogen-bond donors (Lipinski definition) is 4. The van der Waals surface area contributed by atoms with Crippen LogP contribution in [0.15, 0.2) is 112 Å². The summed E-state index contributed by atoms with van der Waals surface area (Å²) in [5.41, 5.74) is 3.64. The van der Waals surface area contributed by atoms with Gasteiger partial charge in [0.15, 0.2) is 0 Å². The van der Waals surface area contributed by atoms with Crippen LogP contribution in [0.2, 0.25) is 0 Å². The van der Waals surface area contributed by atoms with Crippen molar-refractivity contribution in [2.75, 3.05) is 5.48 Å². The standard InChI is InChI=1S/C30H28N4O6S2/c1-19(21-9-5-3-6-10-21)33-41(37,38)23-13-15-25-27(17-23)30(32-36)28-18-24(14-16-26(28)29(25)31-35)42(39,40)34-20(2)22-11-7-4-8-12-22/h3-20,31,33-35H,1-2H3. The first-order valence-electron chi connectivity index (χ1n) is 13.0. The van der Waals surface area contributed by atoms with Crippen LogP contribution in [-0.4, -0.2) is 22.0 Å². The molecular formula is C30H28N4O6S2. The summed E-state index contributed by atoms with van der Waals surface area (Å²) in [5.74, 6) is 0. The summed E-state index contributed by atoms with van der Waals surface area (Å²) < 4.78 is 58.5. The van der Waals surface area contributed by atoms with Crippen LogP contribution in [0.4, 0.5) is 11.4 Å². The number of rotatable bonds is 10. The van der Waals surface area contributed by atoms with Crippen molar-refractivity contribution in [2.45, 2.75) is 35.7 Å². The highest BCUT2D eigenvalue weighted by Crippen LogP contribution is 2.43. The van der Waals surface area contributed by atoms with E-state index in [1.54, 1.807) is 62.4 Å². The van der Waals surface area contributed by atoms with Crippen LogP contribution in [0.25, 0.3) is 21.5 Å². The third kappa shape index (κ3) is 5.62. The van der Waals surface area contributed by atoms with Gasteiger partial charge in [0.2, 0.25) is 20.0 Å². The molecule has 5 aromatic carbocycles. The van der Waals surface area contributed by atoms with Crippen molar-refractivity contribution >= 4 is 53.0 Å². The lowest BCUT2D eigenvalue weighted by molar-refractivity contribution is 0.390. The minimum Gasteiger partial charge on any atom is -0.291 e. The van der Waals surface area contributed by atoms with E-state index < -0.39 is 32.1 Å². The Kier molecular flexibility index (Phi) is 8.08. The van der Waals surface area contributed by atoms with Crippen molar-refractivity contribution < 1.29 is 22.0 Å². The summed E-state index contributed by atoms with van der Waals surface area (Å²) >= 11 is 0. The maximum Gasteiger partial charge on any atom is 0.241 e. The first kappa shape index (κ1) is 29.3. The molecule has 0 aromatic heterocycles. The van der Waals surface area contributed by atoms with Gasteiger partial charge in [-0.25, -0.2) is 26.3 Å². The quantitative estimate of drug-likeness (QED) is 0.0832. The van der Waals surface area contributed by atoms with Crippen molar-refractivity contribution in [2.24, 2.45) is 5.18 Å². The second-order valence-electron chi connectivity index (χ2n) is 9.85. The molecule has 2 atom stereocenters. The van der Waals surface area contributed by atoms with Gasteiger partial charge in [0.1, 0.15) is 5.69 Å². The topological polar surface area (TPSA) is 154 Å². The number of nitroso groups, excluding NO2 is 1. The zero-order valence-corrected chi connectivity index (χ0v) is 24.3. The molecule has 0 saturated heterocycles. The highest BCUT2D eigenvalue weighted by Gasteiger charge is 2.24. The Morgan fingerprint density at radius 3 is 1.38 bits per heavy atom. The molecule has 42 heavy (non-hydrogen) atoms. The SMILES string of the molecule is CC(NS(=O)(=O)c1ccc2c(NO)c3ccc(S(=O)(=O)NC(C)c4ccccc4)cc3c(N=O)c2c1)c1ccccc1. The largest absolute Gasteiger partial charge is 0.291 e. The monoisotopic (exact) mass is 604 g/mol. The van der Waals surface area contributed by atoms with Crippen molar-refractivity contribution in [3.8, 4) is 0 Å². The lowest BCUT2D eigenvalue weighted by atomic mass is 9.99. The van der Waals surface area contributed by atoms with Crippen LogP contribution in [0.5, 0.6) is 0 Å². The molecule has 0 amide bonds. The Balaban J connectivity index is 1.61. The number of benzene rings is 5. The van der Waals surface area contributed by atoms with E-state index in [2.05, 4.69) is 20.1 Å². The smallest absolute Gasteiger partial charge is 0.241 e. The van der Waals surface area contributed by atoms with Gasteiger partial charge in [-0.2, -0.15) is 0 Å². The van der Waals surface area contributed by atoms with Crippen molar-refractivity contribution in [1.82, 2.24) is 9.44 Å². The zero-order chi connectivity index (χ0) is 30.1. The molecule has 0 fully saturated rings. The lowest BCUT2D eigenvalue weighted by Gasteiger charge is -2.18. The van der Waals surface area contributed by atoms with E-state index in [9.17, 15) is 26.9 Å². The van der Waals surface area contributed by atoms with Crippen LogP contribution >= 0.6 is 0 Å². The first-order chi connectivity index (χ1) is 20.1. The summed E-state index contributed by atoms with van der Waals surface area (Å²) in [6.45, 7) is 3.42. The molecule has 2 unspecified atom stereocenters. The Hall–Kier alpha value is -4.20. The van der Waals surface area contributed by atoms with E-state index in [0.29, 0.717) is 10.8 Å². The second-order valence-corrected chi connectivity index (χ2v) is 13.3. The third-order valence-electron chi connectivity index (χ3n) is 7.12. The molecule has 0 saturated carbocycles. The fourth-order valence-electron chi connectivity index (χ4n) is 4.94. The Labute approximate surface area is 243 Å². The van der Waals surface area contributed by atoms with Crippen molar-refractivity contribution in [3.05, 3.63) is 113 Å². The van der Waals surface area contributed by atoms with Gasteiger partial charge >= 0.3 is 0 Å². The summed E-state index contributed by atoms with van der Waals surface area (Å²) in [7, 11) is -8.10. The number of sulfonamides is 2. The molecule has 5 rings (SSSR count). The summed E-state index contributed by atoms with van der Waals surface area (Å²) in [5, 5.41) is 14.1. The third-order valence-corrected chi connectivity index (χ3v) is 10.2. The van der Waals surface area contributed by atoms with Crippen LogP contribution in [0.3, 0.4) is 0 Å². The van der Waals surface area contributed by atoms with Crippen molar-refractivity contribution in [3.63, 3.8) is 0 Å². The van der Waals surface area contributed by atoms with Gasteiger partial charge in [0.25, 0.3) is 0 Å². The van der Waals surface area contributed by atoms with E-state index in [-0.39, 0.29) is 31.9 Å². The molecule has 5 aromatic rings. The average Bonchev–Trinajstić information content (AvgIpc) is 2.99. The lowest BCUT2D eigenvalue weighted by Crippen LogP contribution is -2.27. The molecule has 12 heteroatoms. The normalized spacial score (nSPS) is 13.6. The number of anilines is 1. The summed E-state index contributed by atoms with van der Waals surface area (Å²) in [6, 6.07) is 25.2. The first-order valence-corrected chi connectivity index (χ1v) is 15.9. The Morgan fingerprint density at radius 1 is 0.619 bits per heavy atom. The zero-order valence-electron chi connectivity index (χ0n) is 22.6.